The summed E-state index contributed by atoms with van der Waals surface area (Å²) in [7, 11) is 0. The van der Waals surface area contributed by atoms with Crippen molar-refractivity contribution >= 4 is 11.7 Å². The second kappa shape index (κ2) is 5.67. The monoisotopic (exact) mass is 249 g/mol. The number of nitrogens with zero attached hydrogens (tertiary/aromatic N) is 1. The number of oxime groups is 1. The lowest BCUT2D eigenvalue weighted by Gasteiger charge is -2.19. The summed E-state index contributed by atoms with van der Waals surface area (Å²) in [6, 6.07) is 7.28. The summed E-state index contributed by atoms with van der Waals surface area (Å²) in [5.74, 6) is -0.247. The van der Waals surface area contributed by atoms with Crippen molar-refractivity contribution in [2.24, 2.45) is 5.16 Å². The number of benzene rings is 1. The van der Waals surface area contributed by atoms with E-state index in [0.29, 0.717) is 5.71 Å². The molecule has 1 N–H and O–H groups in total. The normalized spacial score (nSPS) is 12.3. The molecule has 98 valence electrons. The Bertz CT molecular complexity index is 441. The molecule has 4 heteroatoms. The van der Waals surface area contributed by atoms with Crippen molar-refractivity contribution in [3.05, 3.63) is 35.4 Å². The van der Waals surface area contributed by atoms with Crippen molar-refractivity contribution in [1.29, 1.82) is 0 Å². The van der Waals surface area contributed by atoms with Crippen molar-refractivity contribution in [2.45, 2.75) is 39.7 Å². The van der Waals surface area contributed by atoms with Crippen LogP contribution in [0.3, 0.4) is 0 Å². The van der Waals surface area contributed by atoms with E-state index in [0.717, 1.165) is 11.1 Å². The van der Waals surface area contributed by atoms with Crippen LogP contribution in [-0.2, 0) is 16.0 Å². The molecule has 18 heavy (non-hydrogen) atoms. The average molecular weight is 249 g/mol. The summed E-state index contributed by atoms with van der Waals surface area (Å²) in [6.07, 6.45) is 0.243. The molecule has 0 aliphatic heterocycles. The van der Waals surface area contributed by atoms with Crippen LogP contribution in [0.1, 0.15) is 38.8 Å². The van der Waals surface area contributed by atoms with Crippen molar-refractivity contribution in [3.63, 3.8) is 0 Å². The molecule has 1 aromatic rings. The molecule has 0 aliphatic rings. The van der Waals surface area contributed by atoms with Crippen molar-refractivity contribution in [1.82, 2.24) is 0 Å². The van der Waals surface area contributed by atoms with Crippen LogP contribution in [0.5, 0.6) is 0 Å². The number of ether oxygens (including phenoxy) is 1. The highest BCUT2D eigenvalue weighted by molar-refractivity contribution is 5.98. The molecule has 0 fully saturated rings. The standard InChI is InChI=1S/C14H19NO3/c1-10(15-17)12-7-5-11(6-8-12)9-13(16)18-14(2,3)4/h5-8,17H,9H2,1-4H3. The van der Waals surface area contributed by atoms with E-state index in [1.54, 1.807) is 6.92 Å². The first-order valence-corrected chi connectivity index (χ1v) is 5.81. The molecule has 0 unspecified atom stereocenters. The van der Waals surface area contributed by atoms with E-state index in [1.165, 1.54) is 0 Å². The van der Waals surface area contributed by atoms with E-state index >= 15 is 0 Å². The topological polar surface area (TPSA) is 58.9 Å². The number of hydrogen-bond acceptors (Lipinski definition) is 4. The summed E-state index contributed by atoms with van der Waals surface area (Å²) in [5, 5.41) is 11.8. The fourth-order valence-corrected chi connectivity index (χ4v) is 1.47. The van der Waals surface area contributed by atoms with Crippen molar-refractivity contribution < 1.29 is 14.7 Å². The first kappa shape index (κ1) is 14.2. The van der Waals surface area contributed by atoms with Crippen molar-refractivity contribution in [2.75, 3.05) is 0 Å². The second-order valence-corrected chi connectivity index (χ2v) is 5.15. The smallest absolute Gasteiger partial charge is 0.310 e. The minimum absolute atomic E-state index is 0.243. The molecule has 0 heterocycles. The third-order valence-corrected chi connectivity index (χ3v) is 2.29. The number of hydrogen-bond donors (Lipinski definition) is 1. The zero-order valence-corrected chi connectivity index (χ0v) is 11.2. The molecule has 0 saturated carbocycles. The molecule has 1 aromatic carbocycles. The van der Waals surface area contributed by atoms with E-state index in [4.69, 9.17) is 9.94 Å². The Labute approximate surface area is 107 Å². The SMILES string of the molecule is CC(=NO)c1ccc(CC(=O)OC(C)(C)C)cc1. The van der Waals surface area contributed by atoms with Gasteiger partial charge >= 0.3 is 5.97 Å². The number of carbonyl (C=O) groups is 1. The number of rotatable bonds is 3. The molecule has 0 aliphatic carbocycles. The lowest BCUT2D eigenvalue weighted by Crippen LogP contribution is -2.24. The van der Waals surface area contributed by atoms with Crippen LogP contribution in [-0.4, -0.2) is 22.5 Å². The van der Waals surface area contributed by atoms with Gasteiger partial charge in [0.1, 0.15) is 5.60 Å². The highest BCUT2D eigenvalue weighted by Crippen LogP contribution is 2.11. The largest absolute Gasteiger partial charge is 0.460 e. The van der Waals surface area contributed by atoms with E-state index < -0.39 is 5.60 Å². The summed E-state index contributed by atoms with van der Waals surface area (Å²) >= 11 is 0. The highest BCUT2D eigenvalue weighted by atomic mass is 16.6. The quantitative estimate of drug-likeness (QED) is 0.388. The van der Waals surface area contributed by atoms with E-state index in [9.17, 15) is 4.79 Å². The molecule has 0 spiro atoms. The van der Waals surface area contributed by atoms with Gasteiger partial charge in [0, 0.05) is 0 Å². The van der Waals surface area contributed by atoms with Gasteiger partial charge in [-0.25, -0.2) is 0 Å². The maximum atomic E-state index is 11.6. The minimum Gasteiger partial charge on any atom is -0.460 e. The fraction of sp³-hybridized carbons (Fsp3) is 0.429. The highest BCUT2D eigenvalue weighted by Gasteiger charge is 2.16. The van der Waals surface area contributed by atoms with Gasteiger partial charge < -0.3 is 9.94 Å². The lowest BCUT2D eigenvalue weighted by molar-refractivity contribution is -0.153. The Kier molecular flexibility index (Phi) is 4.48. The molecule has 0 radical (unpaired) electrons. The summed E-state index contributed by atoms with van der Waals surface area (Å²) < 4.78 is 5.24. The Hall–Kier alpha value is -1.84. The third kappa shape index (κ3) is 4.57. The summed E-state index contributed by atoms with van der Waals surface area (Å²) in [4.78, 5) is 11.6. The number of carbonyl (C=O) groups excluding carboxylic acids is 1. The lowest BCUT2D eigenvalue weighted by atomic mass is 10.1. The van der Waals surface area contributed by atoms with Gasteiger partial charge in [0.2, 0.25) is 0 Å². The summed E-state index contributed by atoms with van der Waals surface area (Å²) in [6.45, 7) is 7.24. The van der Waals surface area contributed by atoms with Crippen LogP contribution in [0.15, 0.2) is 29.4 Å². The van der Waals surface area contributed by atoms with Gasteiger partial charge in [0.25, 0.3) is 0 Å². The Morgan fingerprint density at radius 2 is 1.83 bits per heavy atom. The molecule has 0 aromatic heterocycles. The van der Waals surface area contributed by atoms with E-state index in [2.05, 4.69) is 5.16 Å². The van der Waals surface area contributed by atoms with Gasteiger partial charge in [-0.2, -0.15) is 0 Å². The summed E-state index contributed by atoms with van der Waals surface area (Å²) in [5.41, 5.74) is 1.78. The fourth-order valence-electron chi connectivity index (χ4n) is 1.47. The van der Waals surface area contributed by atoms with Crippen LogP contribution in [0.2, 0.25) is 0 Å². The first-order valence-electron chi connectivity index (χ1n) is 5.81. The zero-order chi connectivity index (χ0) is 13.8. The first-order chi connectivity index (χ1) is 8.31. The molecule has 4 nitrogen and oxygen atoms in total. The van der Waals surface area contributed by atoms with Gasteiger partial charge in [-0.05, 0) is 38.8 Å². The molecule has 0 bridgehead atoms. The zero-order valence-electron chi connectivity index (χ0n) is 11.2. The molecule has 1 rings (SSSR count). The van der Waals surface area contributed by atoms with Gasteiger partial charge in [-0.3, -0.25) is 4.79 Å². The van der Waals surface area contributed by atoms with Gasteiger partial charge in [0.15, 0.2) is 0 Å². The Balaban J connectivity index is 2.67. The van der Waals surface area contributed by atoms with Crippen LogP contribution in [0, 0.1) is 0 Å². The second-order valence-electron chi connectivity index (χ2n) is 5.15. The van der Waals surface area contributed by atoms with Crippen LogP contribution in [0.4, 0.5) is 0 Å². The number of esters is 1. The molecular formula is C14H19NO3. The molecule has 0 saturated heterocycles. The maximum Gasteiger partial charge on any atom is 0.310 e. The van der Waals surface area contributed by atoms with E-state index in [-0.39, 0.29) is 12.4 Å². The predicted octanol–water partition coefficient (Wildman–Crippen LogP) is 2.77. The molecule has 0 atom stereocenters. The van der Waals surface area contributed by atoms with E-state index in [1.807, 2.05) is 45.0 Å². The molecular weight excluding hydrogens is 230 g/mol. The Morgan fingerprint density at radius 1 is 1.28 bits per heavy atom. The minimum atomic E-state index is -0.461. The van der Waals surface area contributed by atoms with Gasteiger partial charge in [-0.1, -0.05) is 29.4 Å². The average Bonchev–Trinajstić information content (AvgIpc) is 2.26. The Morgan fingerprint density at radius 3 is 2.28 bits per heavy atom. The van der Waals surface area contributed by atoms with Crippen molar-refractivity contribution in [3.8, 4) is 0 Å². The van der Waals surface area contributed by atoms with Gasteiger partial charge in [0.05, 0.1) is 12.1 Å². The van der Waals surface area contributed by atoms with Crippen LogP contribution < -0.4 is 0 Å². The predicted molar refractivity (Wildman–Crippen MR) is 70.0 cm³/mol. The van der Waals surface area contributed by atoms with Gasteiger partial charge in [-0.15, -0.1) is 0 Å². The molecule has 0 amide bonds. The third-order valence-electron chi connectivity index (χ3n) is 2.29. The maximum absolute atomic E-state index is 11.6. The van der Waals surface area contributed by atoms with Crippen LogP contribution >= 0.6 is 0 Å². The van der Waals surface area contributed by atoms with Crippen LogP contribution in [0.25, 0.3) is 0 Å².